The summed E-state index contributed by atoms with van der Waals surface area (Å²) in [6.07, 6.45) is 2.67. The summed E-state index contributed by atoms with van der Waals surface area (Å²) in [5.74, 6) is -2.52. The summed E-state index contributed by atoms with van der Waals surface area (Å²) in [4.78, 5) is 13.4. The number of likely N-dealkylation sites (tertiary alicyclic amines) is 1. The van der Waals surface area contributed by atoms with Gasteiger partial charge >= 0.3 is 0 Å². The fraction of sp³-hybridized carbons (Fsp3) is 0.750. The number of piperidine rings is 1. The van der Waals surface area contributed by atoms with Gasteiger partial charge in [-0.1, -0.05) is 6.08 Å². The van der Waals surface area contributed by atoms with E-state index in [-0.39, 0.29) is 12.3 Å². The van der Waals surface area contributed by atoms with Gasteiger partial charge in [0.1, 0.15) is 0 Å². The molecule has 2 aliphatic rings. The summed E-state index contributed by atoms with van der Waals surface area (Å²) in [5, 5.41) is 2.69. The highest BCUT2D eigenvalue weighted by Gasteiger charge is 2.70. The van der Waals surface area contributed by atoms with Crippen molar-refractivity contribution in [1.29, 1.82) is 0 Å². The second-order valence-corrected chi connectivity index (χ2v) is 5.03. The summed E-state index contributed by atoms with van der Waals surface area (Å²) in [6, 6.07) is 0. The summed E-state index contributed by atoms with van der Waals surface area (Å²) in [6.45, 7) is 5.45. The van der Waals surface area contributed by atoms with Crippen LogP contribution in [0, 0.1) is 5.41 Å². The number of hydrogen-bond acceptors (Lipinski definition) is 2. The van der Waals surface area contributed by atoms with Crippen LogP contribution < -0.4 is 5.32 Å². The minimum atomic E-state index is -2.45. The Kier molecular flexibility index (Phi) is 3.21. The molecule has 1 saturated carbocycles. The summed E-state index contributed by atoms with van der Waals surface area (Å²) >= 11 is 0. The lowest BCUT2D eigenvalue weighted by Gasteiger charge is -2.31. The number of carbonyl (C=O) groups is 1. The maximum absolute atomic E-state index is 13.1. The Bertz CT molecular complexity index is 322. The van der Waals surface area contributed by atoms with Crippen LogP contribution in [0.5, 0.6) is 0 Å². The monoisotopic (exact) mass is 244 g/mol. The van der Waals surface area contributed by atoms with E-state index in [1.165, 1.54) is 0 Å². The van der Waals surface area contributed by atoms with Gasteiger partial charge in [0.15, 0.2) is 0 Å². The molecule has 0 aromatic rings. The van der Waals surface area contributed by atoms with E-state index in [0.29, 0.717) is 39.0 Å². The minimum Gasteiger partial charge on any atom is -0.352 e. The van der Waals surface area contributed by atoms with Crippen molar-refractivity contribution in [1.82, 2.24) is 10.2 Å². The molecular weight excluding hydrogens is 226 g/mol. The number of nitrogens with one attached hydrogen (secondary N) is 1. The molecule has 1 aliphatic heterocycles. The maximum atomic E-state index is 13.1. The third kappa shape index (κ3) is 2.49. The van der Waals surface area contributed by atoms with Crippen LogP contribution in [-0.2, 0) is 4.79 Å². The maximum Gasteiger partial charge on any atom is 0.254 e. The highest BCUT2D eigenvalue weighted by atomic mass is 19.3. The van der Waals surface area contributed by atoms with Crippen molar-refractivity contribution in [3.8, 4) is 0 Å². The van der Waals surface area contributed by atoms with Gasteiger partial charge in [0, 0.05) is 18.4 Å². The molecule has 1 amide bonds. The molecule has 2 rings (SSSR count). The van der Waals surface area contributed by atoms with E-state index in [4.69, 9.17) is 0 Å². The Morgan fingerprint density at radius 1 is 1.41 bits per heavy atom. The number of hydrogen-bond donors (Lipinski definition) is 1. The topological polar surface area (TPSA) is 32.3 Å². The van der Waals surface area contributed by atoms with E-state index in [2.05, 4.69) is 11.9 Å². The van der Waals surface area contributed by atoms with Crippen LogP contribution in [0.3, 0.4) is 0 Å². The number of nitrogens with zero attached hydrogens (tertiary/aromatic N) is 1. The van der Waals surface area contributed by atoms with E-state index in [1.807, 2.05) is 4.90 Å². The number of halogens is 2. The Balaban J connectivity index is 1.73. The molecule has 1 N–H and O–H groups in total. The molecule has 1 aliphatic carbocycles. The van der Waals surface area contributed by atoms with Gasteiger partial charge in [-0.3, -0.25) is 9.69 Å². The van der Waals surface area contributed by atoms with Crippen LogP contribution in [0.2, 0.25) is 0 Å². The molecule has 0 atom stereocenters. The number of carbonyl (C=O) groups excluding carboxylic acids is 1. The molecule has 0 unspecified atom stereocenters. The Hall–Kier alpha value is -0.970. The quantitative estimate of drug-likeness (QED) is 0.758. The highest BCUT2D eigenvalue weighted by molar-refractivity contribution is 5.78. The smallest absolute Gasteiger partial charge is 0.254 e. The number of amides is 1. The molecule has 3 nitrogen and oxygen atoms in total. The summed E-state index contributed by atoms with van der Waals surface area (Å²) in [7, 11) is 0. The molecule has 17 heavy (non-hydrogen) atoms. The predicted molar refractivity (Wildman–Crippen MR) is 60.9 cm³/mol. The van der Waals surface area contributed by atoms with Crippen LogP contribution >= 0.6 is 0 Å². The molecule has 0 aromatic heterocycles. The summed E-state index contributed by atoms with van der Waals surface area (Å²) in [5.41, 5.74) is -0.735. The van der Waals surface area contributed by atoms with Gasteiger partial charge in [0.05, 0.1) is 6.54 Å². The lowest BCUT2D eigenvalue weighted by Crippen LogP contribution is -2.42. The molecule has 1 heterocycles. The van der Waals surface area contributed by atoms with Crippen molar-refractivity contribution < 1.29 is 13.6 Å². The van der Waals surface area contributed by atoms with E-state index in [9.17, 15) is 13.6 Å². The van der Waals surface area contributed by atoms with E-state index >= 15 is 0 Å². The second-order valence-electron chi connectivity index (χ2n) is 5.03. The van der Waals surface area contributed by atoms with Crippen molar-refractivity contribution in [2.45, 2.75) is 25.2 Å². The lowest BCUT2D eigenvalue weighted by molar-refractivity contribution is -0.122. The van der Waals surface area contributed by atoms with Crippen LogP contribution in [0.4, 0.5) is 8.78 Å². The molecule has 96 valence electrons. The third-order valence-electron chi connectivity index (χ3n) is 3.84. The Morgan fingerprint density at radius 3 is 2.47 bits per heavy atom. The minimum absolute atomic E-state index is 0.0382. The van der Waals surface area contributed by atoms with Crippen molar-refractivity contribution in [3.05, 3.63) is 12.7 Å². The first kappa shape index (κ1) is 12.5. The van der Waals surface area contributed by atoms with Gasteiger partial charge in [0.2, 0.25) is 5.91 Å². The normalized spacial score (nSPS) is 25.5. The van der Waals surface area contributed by atoms with Gasteiger partial charge in [-0.25, -0.2) is 8.78 Å². The van der Waals surface area contributed by atoms with Gasteiger partial charge in [-0.2, -0.15) is 0 Å². The number of rotatable bonds is 4. The van der Waals surface area contributed by atoms with E-state index in [0.717, 1.165) is 0 Å². The van der Waals surface area contributed by atoms with Crippen LogP contribution in [0.15, 0.2) is 12.7 Å². The first-order chi connectivity index (χ1) is 7.99. The third-order valence-corrected chi connectivity index (χ3v) is 3.84. The van der Waals surface area contributed by atoms with Crippen LogP contribution in [0.25, 0.3) is 0 Å². The van der Waals surface area contributed by atoms with Gasteiger partial charge in [-0.15, -0.1) is 6.58 Å². The largest absolute Gasteiger partial charge is 0.352 e. The van der Waals surface area contributed by atoms with Crippen molar-refractivity contribution >= 4 is 5.91 Å². The summed E-state index contributed by atoms with van der Waals surface area (Å²) < 4.78 is 26.2. The first-order valence-electron chi connectivity index (χ1n) is 5.97. The van der Waals surface area contributed by atoms with Gasteiger partial charge < -0.3 is 5.32 Å². The first-order valence-corrected chi connectivity index (χ1v) is 5.97. The van der Waals surface area contributed by atoms with Crippen molar-refractivity contribution in [2.75, 3.05) is 26.2 Å². The zero-order valence-corrected chi connectivity index (χ0v) is 9.85. The SMILES string of the molecule is C=CCNC(=O)CN1CCC2(CC1)CC2(F)F. The standard InChI is InChI=1S/C12H18F2N2O/c1-2-5-15-10(17)8-16-6-3-11(4-7-16)9-12(11,13)14/h2H,1,3-9H2,(H,15,17). The van der Waals surface area contributed by atoms with E-state index in [1.54, 1.807) is 6.08 Å². The average molecular weight is 244 g/mol. The Labute approximate surface area is 99.9 Å². The van der Waals surface area contributed by atoms with Gasteiger partial charge in [0.25, 0.3) is 5.92 Å². The van der Waals surface area contributed by atoms with Crippen molar-refractivity contribution in [2.24, 2.45) is 5.41 Å². The fourth-order valence-corrected chi connectivity index (χ4v) is 2.51. The molecule has 1 saturated heterocycles. The molecule has 0 radical (unpaired) electrons. The fourth-order valence-electron chi connectivity index (χ4n) is 2.51. The molecule has 0 bridgehead atoms. The highest BCUT2D eigenvalue weighted by Crippen LogP contribution is 2.65. The second kappa shape index (κ2) is 4.37. The molecule has 0 aromatic carbocycles. The molecular formula is C12H18F2N2O. The lowest BCUT2D eigenvalue weighted by atomic mass is 9.93. The van der Waals surface area contributed by atoms with Crippen LogP contribution in [0.1, 0.15) is 19.3 Å². The van der Waals surface area contributed by atoms with Crippen LogP contribution in [-0.4, -0.2) is 42.9 Å². The van der Waals surface area contributed by atoms with Crippen molar-refractivity contribution in [3.63, 3.8) is 0 Å². The average Bonchev–Trinajstić information content (AvgIpc) is 2.81. The Morgan fingerprint density at radius 2 is 2.00 bits per heavy atom. The number of alkyl halides is 2. The zero-order chi connectivity index (χ0) is 12.5. The molecule has 1 spiro atoms. The van der Waals surface area contributed by atoms with E-state index < -0.39 is 11.3 Å². The van der Waals surface area contributed by atoms with Gasteiger partial charge in [-0.05, 0) is 25.9 Å². The predicted octanol–water partition coefficient (Wildman–Crippen LogP) is 1.41. The molecule has 5 heteroatoms. The molecule has 2 fully saturated rings. The zero-order valence-electron chi connectivity index (χ0n) is 9.85.